The van der Waals surface area contributed by atoms with E-state index in [-0.39, 0.29) is 11.7 Å². The number of hydrogen-bond donors (Lipinski definition) is 1. The normalized spacial score (nSPS) is 20.8. The van der Waals surface area contributed by atoms with Gasteiger partial charge in [0.2, 0.25) is 0 Å². The number of rotatable bonds is 3. The average molecular weight is 249 g/mol. The van der Waals surface area contributed by atoms with Gasteiger partial charge in [0.05, 0.1) is 18.3 Å². The standard InChI is InChI=1S/C15H23NO2/c1-4-14(17)12-7-5-6-8-13(12)16-9-10-18-15(2,3)11-16/h5-8,14,17H,4,9-11H2,1-3H3/t14-/m1/s1. The van der Waals surface area contributed by atoms with Crippen molar-refractivity contribution in [3.05, 3.63) is 29.8 Å². The maximum Gasteiger partial charge on any atom is 0.0807 e. The summed E-state index contributed by atoms with van der Waals surface area (Å²) in [5, 5.41) is 10.1. The number of aliphatic hydroxyl groups is 1. The molecule has 0 spiro atoms. The Morgan fingerprint density at radius 1 is 1.39 bits per heavy atom. The molecule has 3 nitrogen and oxygen atoms in total. The number of hydrogen-bond acceptors (Lipinski definition) is 3. The van der Waals surface area contributed by atoms with Crippen molar-refractivity contribution in [3.63, 3.8) is 0 Å². The molecule has 1 N–H and O–H groups in total. The molecule has 0 aromatic heterocycles. The van der Waals surface area contributed by atoms with Crippen LogP contribution in [0, 0.1) is 0 Å². The third kappa shape index (κ3) is 2.85. The molecule has 1 aliphatic rings. The Balaban J connectivity index is 2.27. The van der Waals surface area contributed by atoms with Crippen molar-refractivity contribution in [1.29, 1.82) is 0 Å². The molecule has 0 unspecified atom stereocenters. The Labute approximate surface area is 109 Å². The quantitative estimate of drug-likeness (QED) is 0.894. The number of morpholine rings is 1. The van der Waals surface area contributed by atoms with E-state index in [1.807, 2.05) is 25.1 Å². The predicted molar refractivity (Wildman–Crippen MR) is 73.9 cm³/mol. The summed E-state index contributed by atoms with van der Waals surface area (Å²) < 4.78 is 5.74. The SMILES string of the molecule is CC[C@@H](O)c1ccccc1N1CCOC(C)(C)C1. The van der Waals surface area contributed by atoms with Crippen LogP contribution < -0.4 is 4.90 Å². The zero-order chi connectivity index (χ0) is 13.2. The van der Waals surface area contributed by atoms with Crippen LogP contribution >= 0.6 is 0 Å². The largest absolute Gasteiger partial charge is 0.388 e. The fourth-order valence-electron chi connectivity index (χ4n) is 2.50. The number of aliphatic hydroxyl groups excluding tert-OH is 1. The Morgan fingerprint density at radius 2 is 2.11 bits per heavy atom. The molecular weight excluding hydrogens is 226 g/mol. The van der Waals surface area contributed by atoms with Crippen LogP contribution in [0.1, 0.15) is 38.9 Å². The smallest absolute Gasteiger partial charge is 0.0807 e. The Kier molecular flexibility index (Phi) is 3.93. The maximum absolute atomic E-state index is 10.1. The van der Waals surface area contributed by atoms with E-state index in [1.54, 1.807) is 0 Å². The van der Waals surface area contributed by atoms with Crippen LogP contribution in [0.5, 0.6) is 0 Å². The highest BCUT2D eigenvalue weighted by molar-refractivity contribution is 5.55. The molecule has 1 heterocycles. The first kappa shape index (κ1) is 13.4. The summed E-state index contributed by atoms with van der Waals surface area (Å²) in [5.74, 6) is 0. The highest BCUT2D eigenvalue weighted by atomic mass is 16.5. The van der Waals surface area contributed by atoms with Crippen LogP contribution in [0.4, 0.5) is 5.69 Å². The molecule has 0 bridgehead atoms. The summed E-state index contributed by atoms with van der Waals surface area (Å²) in [5.41, 5.74) is 2.05. The number of para-hydroxylation sites is 1. The van der Waals surface area contributed by atoms with Crippen molar-refractivity contribution >= 4 is 5.69 Å². The van der Waals surface area contributed by atoms with Crippen molar-refractivity contribution in [2.24, 2.45) is 0 Å². The first-order valence-corrected chi connectivity index (χ1v) is 6.69. The van der Waals surface area contributed by atoms with Gasteiger partial charge in [-0.05, 0) is 26.3 Å². The summed E-state index contributed by atoms with van der Waals surface area (Å²) in [6.45, 7) is 8.71. The van der Waals surface area contributed by atoms with Crippen molar-refractivity contribution < 1.29 is 9.84 Å². The molecule has 1 aromatic carbocycles. The van der Waals surface area contributed by atoms with Crippen LogP contribution in [0.25, 0.3) is 0 Å². The van der Waals surface area contributed by atoms with Gasteiger partial charge in [-0.1, -0.05) is 25.1 Å². The molecule has 0 saturated carbocycles. The molecular formula is C15H23NO2. The summed E-state index contributed by atoms with van der Waals surface area (Å²) in [6.07, 6.45) is 0.359. The van der Waals surface area contributed by atoms with Gasteiger partial charge in [-0.2, -0.15) is 0 Å². The zero-order valence-electron chi connectivity index (χ0n) is 11.5. The second kappa shape index (κ2) is 5.29. The molecule has 2 rings (SSSR count). The number of ether oxygens (including phenoxy) is 1. The van der Waals surface area contributed by atoms with Crippen LogP contribution in [-0.2, 0) is 4.74 Å². The lowest BCUT2D eigenvalue weighted by atomic mass is 10.0. The zero-order valence-corrected chi connectivity index (χ0v) is 11.5. The number of nitrogens with zero attached hydrogens (tertiary/aromatic N) is 1. The van der Waals surface area contributed by atoms with E-state index in [4.69, 9.17) is 4.74 Å². The monoisotopic (exact) mass is 249 g/mol. The van der Waals surface area contributed by atoms with Gasteiger partial charge in [0.1, 0.15) is 0 Å². The first-order chi connectivity index (χ1) is 8.53. The van der Waals surface area contributed by atoms with Gasteiger partial charge in [-0.25, -0.2) is 0 Å². The van der Waals surface area contributed by atoms with E-state index in [0.29, 0.717) is 0 Å². The molecule has 3 heteroatoms. The second-order valence-electron chi connectivity index (χ2n) is 5.51. The average Bonchev–Trinajstić information content (AvgIpc) is 2.36. The third-order valence-electron chi connectivity index (χ3n) is 3.45. The Bertz CT molecular complexity index is 403. The molecule has 1 atom stereocenters. The molecule has 1 saturated heterocycles. The van der Waals surface area contributed by atoms with Crippen molar-refractivity contribution in [3.8, 4) is 0 Å². The van der Waals surface area contributed by atoms with Gasteiger partial charge >= 0.3 is 0 Å². The van der Waals surface area contributed by atoms with E-state index in [1.165, 1.54) is 0 Å². The lowest BCUT2D eigenvalue weighted by molar-refractivity contribution is -0.0278. The second-order valence-corrected chi connectivity index (χ2v) is 5.51. The van der Waals surface area contributed by atoms with Crippen molar-refractivity contribution in [1.82, 2.24) is 0 Å². The summed E-state index contributed by atoms with van der Waals surface area (Å²) in [6, 6.07) is 8.13. The van der Waals surface area contributed by atoms with Crippen LogP contribution in [-0.4, -0.2) is 30.4 Å². The Morgan fingerprint density at radius 3 is 2.78 bits per heavy atom. The van der Waals surface area contributed by atoms with Crippen LogP contribution in [0.2, 0.25) is 0 Å². The van der Waals surface area contributed by atoms with Crippen molar-refractivity contribution in [2.45, 2.75) is 38.9 Å². The minimum absolute atomic E-state index is 0.122. The van der Waals surface area contributed by atoms with E-state index in [9.17, 15) is 5.11 Å². The van der Waals surface area contributed by atoms with Crippen LogP contribution in [0.3, 0.4) is 0 Å². The van der Waals surface area contributed by atoms with Gasteiger partial charge in [-0.3, -0.25) is 0 Å². The lowest BCUT2D eigenvalue weighted by Crippen LogP contribution is -2.48. The lowest BCUT2D eigenvalue weighted by Gasteiger charge is -2.40. The summed E-state index contributed by atoms with van der Waals surface area (Å²) in [4.78, 5) is 2.32. The van der Waals surface area contributed by atoms with Gasteiger partial charge in [0.15, 0.2) is 0 Å². The first-order valence-electron chi connectivity index (χ1n) is 6.69. The molecule has 1 aromatic rings. The summed E-state index contributed by atoms with van der Waals surface area (Å²) >= 11 is 0. The predicted octanol–water partition coefficient (Wildman–Crippen LogP) is 2.75. The highest BCUT2D eigenvalue weighted by Crippen LogP contribution is 2.30. The van der Waals surface area contributed by atoms with Crippen molar-refractivity contribution in [2.75, 3.05) is 24.6 Å². The fourth-order valence-corrected chi connectivity index (χ4v) is 2.50. The molecule has 100 valence electrons. The van der Waals surface area contributed by atoms with E-state index >= 15 is 0 Å². The van der Waals surface area contributed by atoms with E-state index in [2.05, 4.69) is 24.8 Å². The third-order valence-corrected chi connectivity index (χ3v) is 3.45. The maximum atomic E-state index is 10.1. The molecule has 0 amide bonds. The van der Waals surface area contributed by atoms with E-state index < -0.39 is 0 Å². The Hall–Kier alpha value is -1.06. The minimum Gasteiger partial charge on any atom is -0.388 e. The molecule has 1 fully saturated rings. The van der Waals surface area contributed by atoms with Gasteiger partial charge in [0, 0.05) is 24.3 Å². The summed E-state index contributed by atoms with van der Waals surface area (Å²) in [7, 11) is 0. The molecule has 18 heavy (non-hydrogen) atoms. The van der Waals surface area contributed by atoms with Gasteiger partial charge < -0.3 is 14.7 Å². The van der Waals surface area contributed by atoms with Gasteiger partial charge in [0.25, 0.3) is 0 Å². The van der Waals surface area contributed by atoms with E-state index in [0.717, 1.165) is 37.4 Å². The fraction of sp³-hybridized carbons (Fsp3) is 0.600. The minimum atomic E-state index is -0.382. The van der Waals surface area contributed by atoms with Crippen LogP contribution in [0.15, 0.2) is 24.3 Å². The molecule has 0 aliphatic carbocycles. The van der Waals surface area contributed by atoms with Gasteiger partial charge in [-0.15, -0.1) is 0 Å². The number of benzene rings is 1. The number of anilines is 1. The molecule has 1 aliphatic heterocycles. The topological polar surface area (TPSA) is 32.7 Å². The molecule has 0 radical (unpaired) electrons. The highest BCUT2D eigenvalue weighted by Gasteiger charge is 2.28.